The first kappa shape index (κ1) is 28.1. The third kappa shape index (κ3) is 4.30. The molecule has 0 saturated heterocycles. The van der Waals surface area contributed by atoms with Gasteiger partial charge in [0.05, 0.1) is 26.7 Å². The van der Waals surface area contributed by atoms with Gasteiger partial charge in [-0.3, -0.25) is 14.4 Å². The molecule has 0 aliphatic heterocycles. The smallest absolute Gasteiger partial charge is 0.323 e. The van der Waals surface area contributed by atoms with Crippen LogP contribution in [-0.2, 0) is 29.5 Å². The fourth-order valence-electron chi connectivity index (χ4n) is 7.10. The highest BCUT2D eigenvalue weighted by atomic mass is 16.5. The van der Waals surface area contributed by atoms with Crippen LogP contribution in [0.4, 0.5) is 0 Å². The lowest BCUT2D eigenvalue weighted by Crippen LogP contribution is -2.57. The van der Waals surface area contributed by atoms with Gasteiger partial charge in [0.15, 0.2) is 5.41 Å². The number of ether oxygens (including phenoxy) is 3. The summed E-state index contributed by atoms with van der Waals surface area (Å²) in [6, 6.07) is 25.2. The predicted molar refractivity (Wildman–Crippen MR) is 151 cm³/mol. The Morgan fingerprint density at radius 2 is 1.44 bits per heavy atom. The maximum absolute atomic E-state index is 13.9. The van der Waals surface area contributed by atoms with E-state index < -0.39 is 40.2 Å². The van der Waals surface area contributed by atoms with Crippen molar-refractivity contribution in [3.8, 4) is 17.6 Å². The molecule has 41 heavy (non-hydrogen) atoms. The Balaban J connectivity index is 1.92. The highest BCUT2D eigenvalue weighted by Crippen LogP contribution is 2.72. The van der Waals surface area contributed by atoms with Crippen molar-refractivity contribution < 1.29 is 33.7 Å². The molecule has 1 unspecified atom stereocenters. The zero-order chi connectivity index (χ0) is 29.3. The summed E-state index contributed by atoms with van der Waals surface area (Å²) in [5.41, 5.74) is -3.49. The third-order valence-electron chi connectivity index (χ3n) is 8.76. The van der Waals surface area contributed by atoms with E-state index in [0.29, 0.717) is 22.4 Å². The van der Waals surface area contributed by atoms with E-state index in [-0.39, 0.29) is 25.0 Å². The van der Waals surface area contributed by atoms with Crippen molar-refractivity contribution in [3.63, 3.8) is 0 Å². The topological polar surface area (TPSA) is 99.1 Å². The van der Waals surface area contributed by atoms with Crippen molar-refractivity contribution in [1.29, 1.82) is 0 Å². The second kappa shape index (κ2) is 10.9. The summed E-state index contributed by atoms with van der Waals surface area (Å²) < 4.78 is 16.0. The molecule has 3 aromatic carbocycles. The molecular weight excluding hydrogens is 520 g/mol. The van der Waals surface area contributed by atoms with Gasteiger partial charge in [-0.25, -0.2) is 0 Å². The van der Waals surface area contributed by atoms with E-state index in [1.54, 1.807) is 55.6 Å². The molecule has 4 atom stereocenters. The summed E-state index contributed by atoms with van der Waals surface area (Å²) in [5, 5.41) is 12.9. The first-order valence-electron chi connectivity index (χ1n) is 13.5. The minimum absolute atomic E-state index is 0.0288. The van der Waals surface area contributed by atoms with E-state index in [2.05, 4.69) is 11.8 Å². The Hall–Kier alpha value is -4.41. The average Bonchev–Trinajstić information content (AvgIpc) is 3.32. The Morgan fingerprint density at radius 1 is 0.854 bits per heavy atom. The molecule has 0 aromatic heterocycles. The molecule has 0 spiro atoms. The van der Waals surface area contributed by atoms with Crippen LogP contribution in [0.1, 0.15) is 41.9 Å². The summed E-state index contributed by atoms with van der Waals surface area (Å²) in [4.78, 5) is 41.1. The molecular formula is C34H32O7. The summed E-state index contributed by atoms with van der Waals surface area (Å²) in [6.07, 6.45) is -0.295. The van der Waals surface area contributed by atoms with E-state index in [1.165, 1.54) is 14.2 Å². The fourth-order valence-corrected chi connectivity index (χ4v) is 7.10. The van der Waals surface area contributed by atoms with Crippen molar-refractivity contribution >= 4 is 17.7 Å². The maximum atomic E-state index is 13.9. The quantitative estimate of drug-likeness (QED) is 0.284. The molecule has 7 heteroatoms. The summed E-state index contributed by atoms with van der Waals surface area (Å²) in [6.45, 7) is 0. The van der Waals surface area contributed by atoms with Gasteiger partial charge in [-0.05, 0) is 47.7 Å². The SMILES string of the molecule is COC(=O)C1(C(=O)OC)C[C@@H]2CC(=O)C[C@](O)(c3ccccc3)C2(C#Cc2ccccc2)[C@@H]1c1ccc(OC)cc1. The number of carbonyl (C=O) groups is 3. The van der Waals surface area contributed by atoms with E-state index in [4.69, 9.17) is 14.2 Å². The highest BCUT2D eigenvalue weighted by molar-refractivity contribution is 6.02. The largest absolute Gasteiger partial charge is 0.497 e. The van der Waals surface area contributed by atoms with Crippen LogP contribution in [0.3, 0.4) is 0 Å². The molecule has 7 nitrogen and oxygen atoms in total. The van der Waals surface area contributed by atoms with Gasteiger partial charge >= 0.3 is 11.9 Å². The number of aliphatic hydroxyl groups is 1. The lowest BCUT2D eigenvalue weighted by molar-refractivity contribution is -0.173. The molecule has 2 aliphatic carbocycles. The molecule has 1 N–H and O–H groups in total. The van der Waals surface area contributed by atoms with Crippen LogP contribution in [0, 0.1) is 28.6 Å². The van der Waals surface area contributed by atoms with E-state index in [0.717, 1.165) is 0 Å². The molecule has 2 saturated carbocycles. The van der Waals surface area contributed by atoms with E-state index in [1.807, 2.05) is 36.4 Å². The molecule has 2 aliphatic rings. The third-order valence-corrected chi connectivity index (χ3v) is 8.76. The van der Waals surface area contributed by atoms with Crippen LogP contribution >= 0.6 is 0 Å². The van der Waals surface area contributed by atoms with Crippen molar-refractivity contribution in [2.24, 2.45) is 16.7 Å². The van der Waals surface area contributed by atoms with Crippen molar-refractivity contribution in [2.75, 3.05) is 21.3 Å². The zero-order valence-electron chi connectivity index (χ0n) is 23.3. The lowest BCUT2D eigenvalue weighted by atomic mass is 9.51. The first-order valence-corrected chi connectivity index (χ1v) is 13.5. The molecule has 3 aromatic rings. The van der Waals surface area contributed by atoms with Gasteiger partial charge in [-0.2, -0.15) is 0 Å². The number of ketones is 1. The van der Waals surface area contributed by atoms with Gasteiger partial charge < -0.3 is 19.3 Å². The number of methoxy groups -OCH3 is 3. The van der Waals surface area contributed by atoms with Crippen LogP contribution in [0.15, 0.2) is 84.9 Å². The normalized spacial score (nSPS) is 26.2. The number of esters is 2. The van der Waals surface area contributed by atoms with Crippen LogP contribution in [0.5, 0.6) is 5.75 Å². The predicted octanol–water partition coefficient (Wildman–Crippen LogP) is 4.42. The number of carbonyl (C=O) groups excluding carboxylic acids is 3. The fraction of sp³-hybridized carbons (Fsp3) is 0.324. The van der Waals surface area contributed by atoms with Crippen LogP contribution < -0.4 is 4.74 Å². The number of hydrogen-bond acceptors (Lipinski definition) is 7. The maximum Gasteiger partial charge on any atom is 0.323 e. The minimum atomic E-state index is -1.89. The summed E-state index contributed by atoms with van der Waals surface area (Å²) in [5.74, 6) is 3.72. The Morgan fingerprint density at radius 3 is 2.00 bits per heavy atom. The van der Waals surface area contributed by atoms with E-state index >= 15 is 0 Å². The van der Waals surface area contributed by atoms with Gasteiger partial charge in [0, 0.05) is 24.3 Å². The van der Waals surface area contributed by atoms with Crippen molar-refractivity contribution in [1.82, 2.24) is 0 Å². The number of Topliss-reactive ketones (excluding diaryl/α,β-unsaturated/α-hetero) is 1. The molecule has 0 amide bonds. The van der Waals surface area contributed by atoms with Crippen LogP contribution in [0.2, 0.25) is 0 Å². The average molecular weight is 553 g/mol. The van der Waals surface area contributed by atoms with Crippen molar-refractivity contribution in [2.45, 2.75) is 30.8 Å². The summed E-state index contributed by atoms with van der Waals surface area (Å²) >= 11 is 0. The Kier molecular flexibility index (Phi) is 7.46. The van der Waals surface area contributed by atoms with Gasteiger partial charge in [-0.1, -0.05) is 72.5 Å². The van der Waals surface area contributed by atoms with Crippen molar-refractivity contribution in [3.05, 3.63) is 102 Å². The monoisotopic (exact) mass is 552 g/mol. The zero-order valence-corrected chi connectivity index (χ0v) is 23.3. The number of fused-ring (bicyclic) bond motifs is 1. The van der Waals surface area contributed by atoms with Gasteiger partial charge in [0.25, 0.3) is 0 Å². The van der Waals surface area contributed by atoms with Crippen LogP contribution in [0.25, 0.3) is 0 Å². The van der Waals surface area contributed by atoms with Gasteiger partial charge in [0.2, 0.25) is 0 Å². The second-order valence-electron chi connectivity index (χ2n) is 10.7. The molecule has 210 valence electrons. The highest BCUT2D eigenvalue weighted by Gasteiger charge is 2.77. The Labute approximate surface area is 239 Å². The molecule has 0 heterocycles. The number of benzene rings is 3. The molecule has 2 fully saturated rings. The molecule has 0 bridgehead atoms. The summed E-state index contributed by atoms with van der Waals surface area (Å²) in [7, 11) is 3.98. The number of hydrogen-bond donors (Lipinski definition) is 1. The molecule has 5 rings (SSSR count). The van der Waals surface area contributed by atoms with Crippen LogP contribution in [-0.4, -0.2) is 44.2 Å². The first-order chi connectivity index (χ1) is 19.8. The van der Waals surface area contributed by atoms with E-state index in [9.17, 15) is 19.5 Å². The number of rotatable bonds is 5. The lowest BCUT2D eigenvalue weighted by Gasteiger charge is -2.52. The van der Waals surface area contributed by atoms with Gasteiger partial charge in [-0.15, -0.1) is 0 Å². The van der Waals surface area contributed by atoms with Gasteiger partial charge in [0.1, 0.15) is 17.1 Å². The second-order valence-corrected chi connectivity index (χ2v) is 10.7. The molecule has 0 radical (unpaired) electrons. The minimum Gasteiger partial charge on any atom is -0.497 e. The standard InChI is InChI=1S/C34H32O7/c1-39-28-16-14-24(15-17-28)29-32(30(36)40-2,31(37)41-3)21-26-20-27(35)22-34(38,25-12-8-5-9-13-25)33(26,29)19-18-23-10-6-4-7-11-23/h4-17,26,29,38H,20-22H2,1-3H3/t26-,29+,33?,34-/m0/s1. The Bertz CT molecular complexity index is 1490.